The molecule has 0 radical (unpaired) electrons. The van der Waals surface area contributed by atoms with Crippen LogP contribution in [0.1, 0.15) is 37.2 Å². The van der Waals surface area contributed by atoms with Crippen LogP contribution in [0, 0.1) is 11.8 Å². The molecule has 0 aromatic heterocycles. The minimum absolute atomic E-state index is 0.0378. The first-order valence-corrected chi connectivity index (χ1v) is 8.46. The van der Waals surface area contributed by atoms with Crippen molar-refractivity contribution in [1.29, 1.82) is 0 Å². The monoisotopic (exact) mass is 324 g/mol. The number of hydrogen-bond donors (Lipinski definition) is 0. The average molecular weight is 324 g/mol. The first kappa shape index (κ1) is 14.2. The zero-order valence-corrected chi connectivity index (χ0v) is 14.0. The maximum Gasteiger partial charge on any atom is 0.231 e. The smallest absolute Gasteiger partial charge is 0.231 e. The lowest BCUT2D eigenvalue weighted by Gasteiger charge is -2.25. The molecule has 2 aromatic rings. The van der Waals surface area contributed by atoms with Crippen LogP contribution >= 0.6 is 0 Å². The average Bonchev–Trinajstić information content (AvgIpc) is 3.14. The summed E-state index contributed by atoms with van der Waals surface area (Å²) in [6.07, 6.45) is 0.144. The van der Waals surface area contributed by atoms with Crippen LogP contribution in [0.4, 0.5) is 0 Å². The van der Waals surface area contributed by atoms with Gasteiger partial charge in [-0.3, -0.25) is 0 Å². The molecule has 124 valence electrons. The summed E-state index contributed by atoms with van der Waals surface area (Å²) in [5, 5.41) is 0. The Kier molecular flexibility index (Phi) is 2.89. The Morgan fingerprint density at radius 1 is 1.00 bits per heavy atom. The Hall–Kier alpha value is -2.20. The van der Waals surface area contributed by atoms with Gasteiger partial charge in [-0.2, -0.15) is 0 Å². The highest BCUT2D eigenvalue weighted by Gasteiger charge is 2.46. The molecule has 0 N–H and O–H groups in total. The molecular weight excluding hydrogens is 304 g/mol. The van der Waals surface area contributed by atoms with Gasteiger partial charge in [0.1, 0.15) is 0 Å². The van der Waals surface area contributed by atoms with Crippen LogP contribution in [0.25, 0.3) is 11.1 Å². The highest BCUT2D eigenvalue weighted by molar-refractivity contribution is 5.83. The lowest BCUT2D eigenvalue weighted by Crippen LogP contribution is -2.13. The van der Waals surface area contributed by atoms with Crippen LogP contribution in [0.2, 0.25) is 0 Å². The Bertz CT molecular complexity index is 829. The summed E-state index contributed by atoms with van der Waals surface area (Å²) >= 11 is 0. The van der Waals surface area contributed by atoms with E-state index in [-0.39, 0.29) is 19.0 Å². The van der Waals surface area contributed by atoms with Gasteiger partial charge < -0.3 is 18.9 Å². The molecule has 3 aliphatic rings. The molecule has 3 aliphatic heterocycles. The molecule has 0 spiro atoms. The van der Waals surface area contributed by atoms with Gasteiger partial charge in [0.25, 0.3) is 0 Å². The molecule has 1 saturated heterocycles. The molecule has 0 unspecified atom stereocenters. The summed E-state index contributed by atoms with van der Waals surface area (Å²) < 4.78 is 23.6. The van der Waals surface area contributed by atoms with Gasteiger partial charge in [0.05, 0.1) is 19.3 Å². The number of methoxy groups -OCH3 is 1. The highest BCUT2D eigenvalue weighted by atomic mass is 16.7. The van der Waals surface area contributed by atoms with Crippen molar-refractivity contribution in [1.82, 2.24) is 0 Å². The van der Waals surface area contributed by atoms with Crippen molar-refractivity contribution in [3.63, 3.8) is 0 Å². The summed E-state index contributed by atoms with van der Waals surface area (Å²) in [7, 11) is 1.69. The van der Waals surface area contributed by atoms with Crippen molar-refractivity contribution in [2.45, 2.75) is 26.1 Å². The molecule has 1 fully saturated rings. The predicted octanol–water partition coefficient (Wildman–Crippen LogP) is 4.49. The van der Waals surface area contributed by atoms with E-state index in [0.29, 0.717) is 17.6 Å². The summed E-state index contributed by atoms with van der Waals surface area (Å²) in [5.74, 6) is 3.08. The maximum atomic E-state index is 6.51. The molecule has 2 bridgehead atoms. The van der Waals surface area contributed by atoms with Crippen LogP contribution < -0.4 is 14.2 Å². The molecule has 2 aromatic carbocycles. The van der Waals surface area contributed by atoms with Crippen molar-refractivity contribution in [2.24, 2.45) is 11.8 Å². The van der Waals surface area contributed by atoms with Crippen LogP contribution in [-0.4, -0.2) is 13.9 Å². The van der Waals surface area contributed by atoms with E-state index >= 15 is 0 Å². The van der Waals surface area contributed by atoms with Gasteiger partial charge in [0.2, 0.25) is 12.5 Å². The lowest BCUT2D eigenvalue weighted by molar-refractivity contribution is 0.0314. The highest BCUT2D eigenvalue weighted by Crippen LogP contribution is 2.60. The Balaban J connectivity index is 1.88. The second-order valence-electron chi connectivity index (χ2n) is 6.89. The van der Waals surface area contributed by atoms with Gasteiger partial charge in [0.15, 0.2) is 11.5 Å². The molecule has 4 atom stereocenters. The number of hydrogen-bond acceptors (Lipinski definition) is 4. The first-order valence-electron chi connectivity index (χ1n) is 8.46. The van der Waals surface area contributed by atoms with E-state index in [4.69, 9.17) is 18.9 Å². The summed E-state index contributed by atoms with van der Waals surface area (Å²) in [5.41, 5.74) is 4.63. The molecule has 0 aliphatic carbocycles. The molecule has 0 amide bonds. The Morgan fingerprint density at radius 3 is 2.54 bits per heavy atom. The molecule has 4 nitrogen and oxygen atoms in total. The molecular formula is C20H20O4. The minimum Gasteiger partial charge on any atom is -0.492 e. The second-order valence-corrected chi connectivity index (χ2v) is 6.89. The van der Waals surface area contributed by atoms with Crippen LogP contribution in [0.5, 0.6) is 17.2 Å². The third kappa shape index (κ3) is 1.67. The zero-order chi connectivity index (χ0) is 16.4. The fraction of sp³-hybridized carbons (Fsp3) is 0.400. The number of ether oxygens (including phenoxy) is 4. The third-order valence-corrected chi connectivity index (χ3v) is 5.77. The second kappa shape index (κ2) is 4.90. The first-order chi connectivity index (χ1) is 11.7. The fourth-order valence-corrected chi connectivity index (χ4v) is 4.37. The summed E-state index contributed by atoms with van der Waals surface area (Å²) in [4.78, 5) is 0. The molecule has 4 heteroatoms. The SMILES string of the molecule is COc1c2c(cc3c1-c1ccccc1[C@@H]1O[C@H]3[C@@H](C)[C@@H]1C)OCO2. The summed E-state index contributed by atoms with van der Waals surface area (Å²) in [6.45, 7) is 4.78. The molecule has 0 saturated carbocycles. The zero-order valence-electron chi connectivity index (χ0n) is 14.0. The van der Waals surface area contributed by atoms with Crippen molar-refractivity contribution < 1.29 is 18.9 Å². The largest absolute Gasteiger partial charge is 0.492 e. The Morgan fingerprint density at radius 2 is 1.75 bits per heavy atom. The van der Waals surface area contributed by atoms with Crippen molar-refractivity contribution >= 4 is 0 Å². The van der Waals surface area contributed by atoms with Gasteiger partial charge in [-0.05, 0) is 34.6 Å². The van der Waals surface area contributed by atoms with Crippen LogP contribution in [0.3, 0.4) is 0 Å². The normalized spacial score (nSPS) is 29.0. The van der Waals surface area contributed by atoms with E-state index in [0.717, 1.165) is 22.6 Å². The van der Waals surface area contributed by atoms with Crippen LogP contribution in [0.15, 0.2) is 30.3 Å². The van der Waals surface area contributed by atoms with E-state index in [9.17, 15) is 0 Å². The summed E-state index contributed by atoms with van der Waals surface area (Å²) in [6, 6.07) is 10.6. The topological polar surface area (TPSA) is 36.9 Å². The number of fused-ring (bicyclic) bond motifs is 8. The van der Waals surface area contributed by atoms with Crippen molar-refractivity contribution in [2.75, 3.05) is 13.9 Å². The van der Waals surface area contributed by atoms with E-state index in [1.165, 1.54) is 11.1 Å². The third-order valence-electron chi connectivity index (χ3n) is 5.77. The van der Waals surface area contributed by atoms with Crippen LogP contribution in [-0.2, 0) is 4.74 Å². The fourth-order valence-electron chi connectivity index (χ4n) is 4.37. The quantitative estimate of drug-likeness (QED) is 0.774. The van der Waals surface area contributed by atoms with Gasteiger partial charge >= 0.3 is 0 Å². The molecule has 5 rings (SSSR count). The molecule has 3 heterocycles. The van der Waals surface area contributed by atoms with Gasteiger partial charge in [-0.1, -0.05) is 38.1 Å². The standard InChI is InChI=1S/C20H20O4/c1-10-11(2)18-14-8-15-19(23-9-22-15)20(21-3)16(14)12-6-4-5-7-13(12)17(10)24-18/h4-8,10-11,17-18H,9H2,1-3H3/t10-,11-,17+,18-/m0/s1. The van der Waals surface area contributed by atoms with E-state index in [1.807, 2.05) is 0 Å². The van der Waals surface area contributed by atoms with Gasteiger partial charge in [-0.15, -0.1) is 0 Å². The van der Waals surface area contributed by atoms with Gasteiger partial charge in [0, 0.05) is 5.56 Å². The minimum atomic E-state index is 0.0378. The Labute approximate surface area is 141 Å². The van der Waals surface area contributed by atoms with Crippen molar-refractivity contribution in [3.05, 3.63) is 41.5 Å². The van der Waals surface area contributed by atoms with E-state index in [1.54, 1.807) is 7.11 Å². The maximum absolute atomic E-state index is 6.51. The van der Waals surface area contributed by atoms with E-state index in [2.05, 4.69) is 44.2 Å². The molecule has 24 heavy (non-hydrogen) atoms. The number of rotatable bonds is 1. The van der Waals surface area contributed by atoms with Gasteiger partial charge in [-0.25, -0.2) is 0 Å². The predicted molar refractivity (Wildman–Crippen MR) is 89.4 cm³/mol. The number of benzene rings is 2. The lowest BCUT2D eigenvalue weighted by atomic mass is 9.78. The van der Waals surface area contributed by atoms with E-state index < -0.39 is 0 Å². The van der Waals surface area contributed by atoms with Crippen molar-refractivity contribution in [3.8, 4) is 28.4 Å².